The van der Waals surface area contributed by atoms with Crippen molar-refractivity contribution in [3.05, 3.63) is 200 Å². The molecule has 0 aliphatic heterocycles. The monoisotopic (exact) mass is 623 g/mol. The Balaban J connectivity index is 1.16. The predicted octanol–water partition coefficient (Wildman–Crippen LogP) is 13.6. The fraction of sp³-hybridized carbons (Fsp3) is 0. The predicted molar refractivity (Wildman–Crippen MR) is 210 cm³/mol. The van der Waals surface area contributed by atoms with Crippen LogP contribution in [0.5, 0.6) is 0 Å². The fourth-order valence-electron chi connectivity index (χ4n) is 7.25. The third-order valence-corrected chi connectivity index (χ3v) is 9.64. The van der Waals surface area contributed by atoms with Crippen LogP contribution in [0, 0.1) is 0 Å². The summed E-state index contributed by atoms with van der Waals surface area (Å²) in [5, 5.41) is 7.61. The lowest BCUT2D eigenvalue weighted by Gasteiger charge is -2.26. The molecule has 0 unspecified atom stereocenters. The van der Waals surface area contributed by atoms with Gasteiger partial charge in [0.25, 0.3) is 0 Å². The van der Waals surface area contributed by atoms with Crippen LogP contribution in [0.2, 0.25) is 0 Å². The molecule has 49 heavy (non-hydrogen) atoms. The highest BCUT2D eigenvalue weighted by molar-refractivity contribution is 6.13. The molecule has 0 fully saturated rings. The number of benzene rings is 9. The van der Waals surface area contributed by atoms with Gasteiger partial charge in [0.05, 0.1) is 0 Å². The van der Waals surface area contributed by atoms with Crippen LogP contribution in [-0.4, -0.2) is 0 Å². The molecular formula is C48H33N. The van der Waals surface area contributed by atoms with E-state index in [0.717, 1.165) is 17.1 Å². The van der Waals surface area contributed by atoms with Gasteiger partial charge in [-0.05, 0) is 108 Å². The molecule has 0 amide bonds. The maximum atomic E-state index is 2.36. The third kappa shape index (κ3) is 5.32. The van der Waals surface area contributed by atoms with E-state index < -0.39 is 0 Å². The Labute approximate surface area is 287 Å². The molecule has 230 valence electrons. The van der Waals surface area contributed by atoms with Crippen LogP contribution in [-0.2, 0) is 0 Å². The Morgan fingerprint density at radius 1 is 0.245 bits per heavy atom. The van der Waals surface area contributed by atoms with Gasteiger partial charge in [-0.3, -0.25) is 0 Å². The molecule has 0 heterocycles. The molecule has 9 rings (SSSR count). The van der Waals surface area contributed by atoms with E-state index in [1.54, 1.807) is 0 Å². The van der Waals surface area contributed by atoms with Gasteiger partial charge in [-0.1, -0.05) is 158 Å². The molecule has 9 aromatic rings. The zero-order chi connectivity index (χ0) is 32.6. The van der Waals surface area contributed by atoms with E-state index in [1.807, 2.05) is 0 Å². The highest BCUT2D eigenvalue weighted by Crippen LogP contribution is 2.40. The van der Waals surface area contributed by atoms with E-state index in [4.69, 9.17) is 0 Å². The summed E-state index contributed by atoms with van der Waals surface area (Å²) in [6.45, 7) is 0. The van der Waals surface area contributed by atoms with Gasteiger partial charge in [0, 0.05) is 17.1 Å². The molecule has 0 aliphatic carbocycles. The number of hydrogen-bond donors (Lipinski definition) is 0. The van der Waals surface area contributed by atoms with E-state index in [0.29, 0.717) is 0 Å². The Morgan fingerprint density at radius 2 is 0.776 bits per heavy atom. The van der Waals surface area contributed by atoms with Gasteiger partial charge >= 0.3 is 0 Å². The van der Waals surface area contributed by atoms with Gasteiger partial charge in [-0.15, -0.1) is 0 Å². The molecule has 1 heteroatoms. The summed E-state index contributed by atoms with van der Waals surface area (Å²) in [6, 6.07) is 72.4. The molecular weight excluding hydrogens is 591 g/mol. The Hall–Kier alpha value is -6.44. The van der Waals surface area contributed by atoms with E-state index in [-0.39, 0.29) is 0 Å². The van der Waals surface area contributed by atoms with Crippen molar-refractivity contribution >= 4 is 49.4 Å². The molecule has 0 N–H and O–H groups in total. The lowest BCUT2D eigenvalue weighted by molar-refractivity contribution is 1.28. The summed E-state index contributed by atoms with van der Waals surface area (Å²) in [6.07, 6.45) is 0. The van der Waals surface area contributed by atoms with Crippen molar-refractivity contribution in [3.8, 4) is 33.4 Å². The third-order valence-electron chi connectivity index (χ3n) is 9.64. The largest absolute Gasteiger partial charge is 0.310 e. The zero-order valence-corrected chi connectivity index (χ0v) is 27.0. The maximum Gasteiger partial charge on any atom is 0.0467 e. The fourth-order valence-corrected chi connectivity index (χ4v) is 7.25. The van der Waals surface area contributed by atoms with Crippen LogP contribution < -0.4 is 4.90 Å². The smallest absolute Gasteiger partial charge is 0.0467 e. The van der Waals surface area contributed by atoms with Crippen LogP contribution in [0.15, 0.2) is 200 Å². The molecule has 9 aromatic carbocycles. The lowest BCUT2D eigenvalue weighted by atomic mass is 9.93. The molecule has 0 bridgehead atoms. The van der Waals surface area contributed by atoms with Crippen molar-refractivity contribution in [1.29, 1.82) is 0 Å². The number of anilines is 3. The zero-order valence-electron chi connectivity index (χ0n) is 27.0. The van der Waals surface area contributed by atoms with Crippen molar-refractivity contribution in [2.45, 2.75) is 0 Å². The average Bonchev–Trinajstić information content (AvgIpc) is 3.18. The second-order valence-electron chi connectivity index (χ2n) is 12.6. The standard InChI is InChI=1S/C48H33N/c1-2-12-34(13-3-1)38-17-10-18-42(32-38)49(40-28-24-36(25-29-40)44-23-11-16-35-14-4-6-19-43(35)44)41-30-26-37(27-31-41)48-33-39-15-5-7-20-45(39)46-21-8-9-22-47(46)48/h1-33H. The van der Waals surface area contributed by atoms with Crippen molar-refractivity contribution < 1.29 is 0 Å². The summed E-state index contributed by atoms with van der Waals surface area (Å²) in [5.74, 6) is 0. The van der Waals surface area contributed by atoms with Crippen LogP contribution in [0.25, 0.3) is 65.7 Å². The first-order chi connectivity index (χ1) is 24.3. The molecule has 0 atom stereocenters. The first-order valence-electron chi connectivity index (χ1n) is 16.8. The van der Waals surface area contributed by atoms with Gasteiger partial charge in [0.15, 0.2) is 0 Å². The summed E-state index contributed by atoms with van der Waals surface area (Å²) in [7, 11) is 0. The van der Waals surface area contributed by atoms with E-state index in [9.17, 15) is 0 Å². The minimum Gasteiger partial charge on any atom is -0.310 e. The molecule has 0 spiro atoms. The molecule has 0 saturated carbocycles. The molecule has 0 saturated heterocycles. The Kier molecular flexibility index (Phi) is 7.22. The second-order valence-corrected chi connectivity index (χ2v) is 12.6. The number of fused-ring (bicyclic) bond motifs is 4. The highest BCUT2D eigenvalue weighted by Gasteiger charge is 2.16. The van der Waals surface area contributed by atoms with Gasteiger partial charge in [0.1, 0.15) is 0 Å². The first-order valence-corrected chi connectivity index (χ1v) is 16.8. The van der Waals surface area contributed by atoms with Crippen LogP contribution in [0.1, 0.15) is 0 Å². The quantitative estimate of drug-likeness (QED) is 0.167. The van der Waals surface area contributed by atoms with E-state index in [1.165, 1.54) is 65.7 Å². The van der Waals surface area contributed by atoms with Crippen molar-refractivity contribution in [2.75, 3.05) is 4.90 Å². The maximum absolute atomic E-state index is 2.36. The van der Waals surface area contributed by atoms with Gasteiger partial charge in [-0.25, -0.2) is 0 Å². The SMILES string of the molecule is c1ccc(-c2cccc(N(c3ccc(-c4cccc5ccccc45)cc3)c3ccc(-c4cc5ccccc5c5ccccc45)cc3)c2)cc1. The topological polar surface area (TPSA) is 3.24 Å². The second kappa shape index (κ2) is 12.3. The summed E-state index contributed by atoms with van der Waals surface area (Å²) in [4.78, 5) is 2.36. The lowest BCUT2D eigenvalue weighted by Crippen LogP contribution is -2.10. The van der Waals surface area contributed by atoms with Gasteiger partial charge < -0.3 is 4.90 Å². The highest BCUT2D eigenvalue weighted by atomic mass is 15.1. The minimum atomic E-state index is 1.11. The van der Waals surface area contributed by atoms with Crippen LogP contribution in [0.4, 0.5) is 17.1 Å². The van der Waals surface area contributed by atoms with Crippen LogP contribution in [0.3, 0.4) is 0 Å². The van der Waals surface area contributed by atoms with Gasteiger partial charge in [-0.2, -0.15) is 0 Å². The van der Waals surface area contributed by atoms with E-state index >= 15 is 0 Å². The van der Waals surface area contributed by atoms with Crippen LogP contribution >= 0.6 is 0 Å². The summed E-state index contributed by atoms with van der Waals surface area (Å²) < 4.78 is 0. The number of rotatable bonds is 6. The summed E-state index contributed by atoms with van der Waals surface area (Å²) >= 11 is 0. The number of nitrogens with zero attached hydrogens (tertiary/aromatic N) is 1. The Morgan fingerprint density at radius 3 is 1.51 bits per heavy atom. The van der Waals surface area contributed by atoms with Crippen molar-refractivity contribution in [3.63, 3.8) is 0 Å². The van der Waals surface area contributed by atoms with Gasteiger partial charge in [0.2, 0.25) is 0 Å². The normalized spacial score (nSPS) is 11.3. The molecule has 0 aromatic heterocycles. The minimum absolute atomic E-state index is 1.11. The average molecular weight is 624 g/mol. The van der Waals surface area contributed by atoms with Crippen molar-refractivity contribution in [1.82, 2.24) is 0 Å². The molecule has 0 radical (unpaired) electrons. The molecule has 0 aliphatic rings. The Bertz CT molecular complexity index is 2580. The van der Waals surface area contributed by atoms with Crippen molar-refractivity contribution in [2.24, 2.45) is 0 Å². The molecule has 1 nitrogen and oxygen atoms in total. The summed E-state index contributed by atoms with van der Waals surface area (Å²) in [5.41, 5.74) is 10.6. The van der Waals surface area contributed by atoms with E-state index in [2.05, 4.69) is 205 Å². The number of hydrogen-bond acceptors (Lipinski definition) is 1. The first kappa shape index (κ1) is 28.8.